The molecule has 2 rings (SSSR count). The minimum atomic E-state index is -0.514. The number of nitrogens with zero attached hydrogens (tertiary/aromatic N) is 1. The summed E-state index contributed by atoms with van der Waals surface area (Å²) in [6, 6.07) is 9.22. The SMILES string of the molecule is N[C@@H](Cc1ccccc1)C(=O)N1CCC[C@H]1CO. The fourth-order valence-electron chi connectivity index (χ4n) is 2.48. The van der Waals surface area contributed by atoms with Crippen LogP contribution in [0.25, 0.3) is 0 Å². The molecule has 1 aromatic rings. The summed E-state index contributed by atoms with van der Waals surface area (Å²) >= 11 is 0. The van der Waals surface area contributed by atoms with Gasteiger partial charge in [0.1, 0.15) is 0 Å². The standard InChI is InChI=1S/C14H20N2O2/c15-13(9-11-5-2-1-3-6-11)14(18)16-8-4-7-12(16)10-17/h1-3,5-6,12-13,17H,4,7-10,15H2/t12-,13-/m0/s1. The molecule has 0 bridgehead atoms. The summed E-state index contributed by atoms with van der Waals surface area (Å²) in [5, 5.41) is 9.22. The van der Waals surface area contributed by atoms with Crippen LogP contribution in [0.1, 0.15) is 18.4 Å². The van der Waals surface area contributed by atoms with E-state index in [2.05, 4.69) is 0 Å². The molecule has 1 heterocycles. The molecule has 1 amide bonds. The third-order valence-corrected chi connectivity index (χ3v) is 3.49. The van der Waals surface area contributed by atoms with E-state index in [9.17, 15) is 9.90 Å². The summed E-state index contributed by atoms with van der Waals surface area (Å²) in [6.07, 6.45) is 2.38. The lowest BCUT2D eigenvalue weighted by Crippen LogP contribution is -2.47. The highest BCUT2D eigenvalue weighted by atomic mass is 16.3. The Morgan fingerprint density at radius 2 is 2.17 bits per heavy atom. The van der Waals surface area contributed by atoms with E-state index in [1.807, 2.05) is 30.3 Å². The third kappa shape index (κ3) is 2.89. The lowest BCUT2D eigenvalue weighted by molar-refractivity contribution is -0.134. The van der Waals surface area contributed by atoms with E-state index in [0.29, 0.717) is 13.0 Å². The van der Waals surface area contributed by atoms with Crippen molar-refractivity contribution in [3.05, 3.63) is 35.9 Å². The summed E-state index contributed by atoms with van der Waals surface area (Å²) < 4.78 is 0. The van der Waals surface area contributed by atoms with Gasteiger partial charge < -0.3 is 15.7 Å². The van der Waals surface area contributed by atoms with Crippen molar-refractivity contribution in [1.82, 2.24) is 4.90 Å². The number of rotatable bonds is 4. The number of amides is 1. The molecular weight excluding hydrogens is 228 g/mol. The molecule has 1 aliphatic rings. The van der Waals surface area contributed by atoms with Crippen LogP contribution in [0.3, 0.4) is 0 Å². The number of nitrogens with two attached hydrogens (primary N) is 1. The number of benzene rings is 1. The van der Waals surface area contributed by atoms with Crippen LogP contribution >= 0.6 is 0 Å². The zero-order chi connectivity index (χ0) is 13.0. The number of hydrogen-bond acceptors (Lipinski definition) is 3. The number of carbonyl (C=O) groups excluding carboxylic acids is 1. The van der Waals surface area contributed by atoms with E-state index in [4.69, 9.17) is 5.73 Å². The maximum Gasteiger partial charge on any atom is 0.240 e. The Labute approximate surface area is 107 Å². The van der Waals surface area contributed by atoms with E-state index in [0.717, 1.165) is 18.4 Å². The van der Waals surface area contributed by atoms with Crippen molar-refractivity contribution in [2.24, 2.45) is 5.73 Å². The molecule has 18 heavy (non-hydrogen) atoms. The second-order valence-corrected chi connectivity index (χ2v) is 4.81. The largest absolute Gasteiger partial charge is 0.394 e. The molecule has 0 spiro atoms. The average Bonchev–Trinajstić information content (AvgIpc) is 2.87. The van der Waals surface area contributed by atoms with Gasteiger partial charge in [-0.15, -0.1) is 0 Å². The maximum atomic E-state index is 12.2. The summed E-state index contributed by atoms with van der Waals surface area (Å²) in [7, 11) is 0. The first-order chi connectivity index (χ1) is 8.72. The molecule has 4 heteroatoms. The predicted molar refractivity (Wildman–Crippen MR) is 69.9 cm³/mol. The highest BCUT2D eigenvalue weighted by Crippen LogP contribution is 2.18. The van der Waals surface area contributed by atoms with Crippen molar-refractivity contribution in [2.45, 2.75) is 31.3 Å². The highest BCUT2D eigenvalue weighted by molar-refractivity contribution is 5.82. The van der Waals surface area contributed by atoms with Crippen LogP contribution in [-0.4, -0.2) is 41.1 Å². The van der Waals surface area contributed by atoms with E-state index < -0.39 is 6.04 Å². The number of hydrogen-bond donors (Lipinski definition) is 2. The van der Waals surface area contributed by atoms with Crippen LogP contribution in [0, 0.1) is 0 Å². The van der Waals surface area contributed by atoms with Crippen LogP contribution < -0.4 is 5.73 Å². The summed E-state index contributed by atoms with van der Waals surface area (Å²) in [4.78, 5) is 13.9. The summed E-state index contributed by atoms with van der Waals surface area (Å²) in [6.45, 7) is 0.746. The van der Waals surface area contributed by atoms with Gasteiger partial charge in [0.25, 0.3) is 0 Å². The maximum absolute atomic E-state index is 12.2. The van der Waals surface area contributed by atoms with Crippen LogP contribution in [-0.2, 0) is 11.2 Å². The van der Waals surface area contributed by atoms with Gasteiger partial charge in [-0.1, -0.05) is 30.3 Å². The normalized spacial score (nSPS) is 21.0. The van der Waals surface area contributed by atoms with Gasteiger partial charge in [0.2, 0.25) is 5.91 Å². The second kappa shape index (κ2) is 5.98. The zero-order valence-corrected chi connectivity index (χ0v) is 10.5. The van der Waals surface area contributed by atoms with Crippen LogP contribution in [0.15, 0.2) is 30.3 Å². The molecule has 3 N–H and O–H groups in total. The average molecular weight is 248 g/mol. The van der Waals surface area contributed by atoms with E-state index >= 15 is 0 Å². The van der Waals surface area contributed by atoms with Gasteiger partial charge in [-0.05, 0) is 24.8 Å². The number of likely N-dealkylation sites (tertiary alicyclic amines) is 1. The first-order valence-electron chi connectivity index (χ1n) is 6.43. The van der Waals surface area contributed by atoms with Gasteiger partial charge in [0.05, 0.1) is 18.7 Å². The van der Waals surface area contributed by atoms with Crippen LogP contribution in [0.2, 0.25) is 0 Å². The smallest absolute Gasteiger partial charge is 0.240 e. The predicted octanol–water partition coefficient (Wildman–Crippen LogP) is 0.540. The van der Waals surface area contributed by atoms with Gasteiger partial charge in [0.15, 0.2) is 0 Å². The molecule has 1 aliphatic heterocycles. The molecule has 0 saturated carbocycles. The molecular formula is C14H20N2O2. The van der Waals surface area contributed by atoms with Crippen molar-refractivity contribution >= 4 is 5.91 Å². The summed E-state index contributed by atoms with van der Waals surface area (Å²) in [5.41, 5.74) is 7.04. The third-order valence-electron chi connectivity index (χ3n) is 3.49. The van der Waals surface area contributed by atoms with Gasteiger partial charge in [-0.25, -0.2) is 0 Å². The van der Waals surface area contributed by atoms with Crippen molar-refractivity contribution in [3.8, 4) is 0 Å². The Balaban J connectivity index is 1.96. The Bertz CT molecular complexity index is 394. The van der Waals surface area contributed by atoms with Crippen LogP contribution in [0.5, 0.6) is 0 Å². The topological polar surface area (TPSA) is 66.6 Å². The van der Waals surface area contributed by atoms with Gasteiger partial charge in [-0.2, -0.15) is 0 Å². The summed E-state index contributed by atoms with van der Waals surface area (Å²) in [5.74, 6) is -0.0459. The Morgan fingerprint density at radius 1 is 1.44 bits per heavy atom. The number of aliphatic hydroxyl groups is 1. The highest BCUT2D eigenvalue weighted by Gasteiger charge is 2.30. The van der Waals surface area contributed by atoms with Gasteiger partial charge in [-0.3, -0.25) is 4.79 Å². The molecule has 0 unspecified atom stereocenters. The number of aliphatic hydroxyl groups excluding tert-OH is 1. The van der Waals surface area contributed by atoms with Crippen molar-refractivity contribution < 1.29 is 9.90 Å². The molecule has 98 valence electrons. The quantitative estimate of drug-likeness (QED) is 0.817. The first kappa shape index (κ1) is 13.1. The van der Waals surface area contributed by atoms with Crippen molar-refractivity contribution in [2.75, 3.05) is 13.2 Å². The molecule has 0 aromatic heterocycles. The Kier molecular flexibility index (Phi) is 4.33. The van der Waals surface area contributed by atoms with E-state index in [1.54, 1.807) is 4.90 Å². The zero-order valence-electron chi connectivity index (χ0n) is 10.5. The minimum absolute atomic E-state index is 0.0315. The lowest BCUT2D eigenvalue weighted by Gasteiger charge is -2.26. The molecule has 1 aromatic carbocycles. The van der Waals surface area contributed by atoms with Crippen LogP contribution in [0.4, 0.5) is 0 Å². The Hall–Kier alpha value is -1.39. The molecule has 0 aliphatic carbocycles. The number of carbonyl (C=O) groups is 1. The van der Waals surface area contributed by atoms with Crippen molar-refractivity contribution in [3.63, 3.8) is 0 Å². The minimum Gasteiger partial charge on any atom is -0.394 e. The van der Waals surface area contributed by atoms with E-state index in [-0.39, 0.29) is 18.6 Å². The van der Waals surface area contributed by atoms with Gasteiger partial charge >= 0.3 is 0 Å². The van der Waals surface area contributed by atoms with E-state index in [1.165, 1.54) is 0 Å². The molecule has 4 nitrogen and oxygen atoms in total. The molecule has 1 saturated heterocycles. The van der Waals surface area contributed by atoms with Crippen molar-refractivity contribution in [1.29, 1.82) is 0 Å². The lowest BCUT2D eigenvalue weighted by atomic mass is 10.1. The molecule has 0 radical (unpaired) electrons. The molecule has 1 fully saturated rings. The van der Waals surface area contributed by atoms with Gasteiger partial charge in [0, 0.05) is 6.54 Å². The monoisotopic (exact) mass is 248 g/mol. The Morgan fingerprint density at radius 3 is 2.83 bits per heavy atom. The first-order valence-corrected chi connectivity index (χ1v) is 6.43. The fraction of sp³-hybridized carbons (Fsp3) is 0.500. The second-order valence-electron chi connectivity index (χ2n) is 4.81. The fourth-order valence-corrected chi connectivity index (χ4v) is 2.48. The molecule has 2 atom stereocenters.